The Balaban J connectivity index is 1.51. The second-order valence-electron chi connectivity index (χ2n) is 7.53. The molecule has 2 aliphatic rings. The summed E-state index contributed by atoms with van der Waals surface area (Å²) < 4.78 is 32.5. The highest BCUT2D eigenvalue weighted by Gasteiger charge is 2.46. The standard InChI is InChI=1S/C21H22F2N2O2/c22-17-4-6-19(7-5-17)25-14-21(11-20(25)26)13-24(8-9-27-15-21)12-16-2-1-3-18(23)10-16/h1-7,10H,8-9,11-15H2. The van der Waals surface area contributed by atoms with Crippen molar-refractivity contribution in [3.05, 3.63) is 65.7 Å². The number of amides is 1. The Morgan fingerprint density at radius 2 is 1.85 bits per heavy atom. The molecule has 2 heterocycles. The van der Waals surface area contributed by atoms with Crippen molar-refractivity contribution in [2.75, 3.05) is 37.7 Å². The third kappa shape index (κ3) is 4.01. The molecule has 1 atom stereocenters. The van der Waals surface area contributed by atoms with Crippen LogP contribution in [0.5, 0.6) is 0 Å². The summed E-state index contributed by atoms with van der Waals surface area (Å²) in [6.07, 6.45) is 0.393. The van der Waals surface area contributed by atoms with Crippen molar-refractivity contribution in [3.8, 4) is 0 Å². The summed E-state index contributed by atoms with van der Waals surface area (Å²) in [7, 11) is 0. The molecule has 0 aromatic heterocycles. The van der Waals surface area contributed by atoms with Crippen LogP contribution in [-0.4, -0.2) is 43.7 Å². The Kier molecular flexibility index (Phi) is 4.93. The van der Waals surface area contributed by atoms with Crippen LogP contribution in [0.2, 0.25) is 0 Å². The topological polar surface area (TPSA) is 32.8 Å². The van der Waals surface area contributed by atoms with Gasteiger partial charge >= 0.3 is 0 Å². The molecule has 0 saturated carbocycles. The molecule has 2 aromatic rings. The lowest BCUT2D eigenvalue weighted by Gasteiger charge is -2.31. The van der Waals surface area contributed by atoms with E-state index < -0.39 is 0 Å². The van der Waals surface area contributed by atoms with Crippen molar-refractivity contribution >= 4 is 11.6 Å². The first-order valence-corrected chi connectivity index (χ1v) is 9.14. The zero-order chi connectivity index (χ0) is 18.9. The zero-order valence-electron chi connectivity index (χ0n) is 15.0. The smallest absolute Gasteiger partial charge is 0.227 e. The van der Waals surface area contributed by atoms with Crippen molar-refractivity contribution in [1.29, 1.82) is 0 Å². The Hall–Kier alpha value is -2.31. The van der Waals surface area contributed by atoms with Gasteiger partial charge in [0.25, 0.3) is 0 Å². The Morgan fingerprint density at radius 3 is 2.63 bits per heavy atom. The first-order chi connectivity index (χ1) is 13.0. The average Bonchev–Trinajstić information content (AvgIpc) is 2.82. The fraction of sp³-hybridized carbons (Fsp3) is 0.381. The molecule has 0 N–H and O–H groups in total. The molecule has 27 heavy (non-hydrogen) atoms. The van der Waals surface area contributed by atoms with Crippen molar-refractivity contribution in [1.82, 2.24) is 4.90 Å². The number of nitrogens with zero attached hydrogens (tertiary/aromatic N) is 2. The summed E-state index contributed by atoms with van der Waals surface area (Å²) in [6, 6.07) is 12.6. The highest BCUT2D eigenvalue weighted by Crippen LogP contribution is 2.37. The predicted molar refractivity (Wildman–Crippen MR) is 98.3 cm³/mol. The second-order valence-corrected chi connectivity index (χ2v) is 7.53. The summed E-state index contributed by atoms with van der Waals surface area (Å²) >= 11 is 0. The molecule has 2 aliphatic heterocycles. The molecule has 0 radical (unpaired) electrons. The normalized spacial score (nSPS) is 23.8. The molecule has 2 fully saturated rings. The highest BCUT2D eigenvalue weighted by molar-refractivity contribution is 5.96. The minimum Gasteiger partial charge on any atom is -0.379 e. The Morgan fingerprint density at radius 1 is 1.04 bits per heavy atom. The van der Waals surface area contributed by atoms with Gasteiger partial charge in [-0.05, 0) is 42.0 Å². The first-order valence-electron chi connectivity index (χ1n) is 9.14. The quantitative estimate of drug-likeness (QED) is 0.829. The number of hydrogen-bond donors (Lipinski definition) is 0. The average molecular weight is 372 g/mol. The van der Waals surface area contributed by atoms with Crippen LogP contribution in [0.25, 0.3) is 0 Å². The number of benzene rings is 2. The summed E-state index contributed by atoms with van der Waals surface area (Å²) in [5.41, 5.74) is 1.31. The van der Waals surface area contributed by atoms with E-state index in [0.717, 1.165) is 12.1 Å². The minimum atomic E-state index is -0.320. The van der Waals surface area contributed by atoms with Crippen molar-refractivity contribution in [3.63, 3.8) is 0 Å². The summed E-state index contributed by atoms with van der Waals surface area (Å²) in [4.78, 5) is 16.6. The SMILES string of the molecule is O=C1CC2(COCCN(Cc3cccc(F)c3)C2)CN1c1ccc(F)cc1. The van der Waals surface area contributed by atoms with E-state index in [4.69, 9.17) is 4.74 Å². The van der Waals surface area contributed by atoms with E-state index in [9.17, 15) is 13.6 Å². The highest BCUT2D eigenvalue weighted by atomic mass is 19.1. The van der Waals surface area contributed by atoms with Crippen LogP contribution in [0.1, 0.15) is 12.0 Å². The number of rotatable bonds is 3. The second kappa shape index (κ2) is 7.37. The molecular formula is C21H22F2N2O2. The van der Waals surface area contributed by atoms with E-state index in [0.29, 0.717) is 45.0 Å². The van der Waals surface area contributed by atoms with Crippen LogP contribution >= 0.6 is 0 Å². The fourth-order valence-corrected chi connectivity index (χ4v) is 4.06. The van der Waals surface area contributed by atoms with Crippen LogP contribution in [0.15, 0.2) is 48.5 Å². The summed E-state index contributed by atoms with van der Waals surface area (Å²) in [5, 5.41) is 0. The number of carbonyl (C=O) groups excluding carboxylic acids is 1. The van der Waals surface area contributed by atoms with E-state index in [2.05, 4.69) is 4.90 Å². The van der Waals surface area contributed by atoms with Crippen LogP contribution < -0.4 is 4.90 Å². The maximum absolute atomic E-state index is 13.5. The predicted octanol–water partition coefficient (Wildman–Crippen LogP) is 3.22. The van der Waals surface area contributed by atoms with Gasteiger partial charge in [0.1, 0.15) is 11.6 Å². The molecular weight excluding hydrogens is 350 g/mol. The van der Waals surface area contributed by atoms with Crippen molar-refractivity contribution < 1.29 is 18.3 Å². The Labute approximate surface area is 157 Å². The van der Waals surface area contributed by atoms with Gasteiger partial charge in [-0.15, -0.1) is 0 Å². The molecule has 4 rings (SSSR count). The van der Waals surface area contributed by atoms with E-state index in [1.54, 1.807) is 29.2 Å². The molecule has 2 saturated heterocycles. The Bertz CT molecular complexity index is 827. The number of carbonyl (C=O) groups is 1. The van der Waals surface area contributed by atoms with E-state index >= 15 is 0 Å². The van der Waals surface area contributed by atoms with Gasteiger partial charge in [-0.25, -0.2) is 8.78 Å². The molecule has 142 valence electrons. The molecule has 1 amide bonds. The summed E-state index contributed by atoms with van der Waals surface area (Å²) in [5.74, 6) is -0.538. The molecule has 1 unspecified atom stereocenters. The molecule has 6 heteroatoms. The largest absolute Gasteiger partial charge is 0.379 e. The fourth-order valence-electron chi connectivity index (χ4n) is 4.06. The summed E-state index contributed by atoms with van der Waals surface area (Å²) in [6.45, 7) is 3.69. The molecule has 0 bridgehead atoms. The third-order valence-electron chi connectivity index (χ3n) is 5.27. The zero-order valence-corrected chi connectivity index (χ0v) is 15.0. The van der Waals surface area contributed by atoms with Crippen molar-refractivity contribution in [2.45, 2.75) is 13.0 Å². The van der Waals surface area contributed by atoms with Gasteiger partial charge in [0.2, 0.25) is 5.91 Å². The number of hydrogen-bond acceptors (Lipinski definition) is 3. The van der Waals surface area contributed by atoms with Gasteiger partial charge in [-0.3, -0.25) is 9.69 Å². The number of ether oxygens (including phenoxy) is 1. The monoisotopic (exact) mass is 372 g/mol. The number of anilines is 1. The van der Waals surface area contributed by atoms with Crippen LogP contribution in [-0.2, 0) is 16.1 Å². The lowest BCUT2D eigenvalue weighted by molar-refractivity contribution is -0.118. The van der Waals surface area contributed by atoms with Gasteiger partial charge < -0.3 is 9.64 Å². The number of halogens is 2. The minimum absolute atomic E-state index is 0.0258. The molecule has 0 aliphatic carbocycles. The van der Waals surface area contributed by atoms with Gasteiger partial charge in [0.15, 0.2) is 0 Å². The molecule has 2 aromatic carbocycles. The lowest BCUT2D eigenvalue weighted by atomic mass is 9.87. The molecule has 1 spiro atoms. The van der Waals surface area contributed by atoms with Gasteiger partial charge in [0.05, 0.1) is 13.2 Å². The van der Waals surface area contributed by atoms with Crippen LogP contribution in [0.3, 0.4) is 0 Å². The van der Waals surface area contributed by atoms with E-state index in [1.807, 2.05) is 6.07 Å². The maximum Gasteiger partial charge on any atom is 0.227 e. The van der Waals surface area contributed by atoms with Crippen LogP contribution in [0.4, 0.5) is 14.5 Å². The van der Waals surface area contributed by atoms with E-state index in [1.165, 1.54) is 18.2 Å². The van der Waals surface area contributed by atoms with Crippen molar-refractivity contribution in [2.24, 2.45) is 5.41 Å². The van der Waals surface area contributed by atoms with Gasteiger partial charge in [0, 0.05) is 43.7 Å². The van der Waals surface area contributed by atoms with E-state index in [-0.39, 0.29) is 23.0 Å². The first kappa shape index (κ1) is 18.1. The third-order valence-corrected chi connectivity index (χ3v) is 5.27. The van der Waals surface area contributed by atoms with Crippen LogP contribution in [0, 0.1) is 17.0 Å². The lowest BCUT2D eigenvalue weighted by Crippen LogP contribution is -2.40. The van der Waals surface area contributed by atoms with Gasteiger partial charge in [-0.1, -0.05) is 12.1 Å². The maximum atomic E-state index is 13.5. The molecule has 4 nitrogen and oxygen atoms in total. The van der Waals surface area contributed by atoms with Gasteiger partial charge in [-0.2, -0.15) is 0 Å².